The van der Waals surface area contributed by atoms with Crippen molar-refractivity contribution < 1.29 is 4.21 Å². The highest BCUT2D eigenvalue weighted by Gasteiger charge is 2.18. The van der Waals surface area contributed by atoms with Gasteiger partial charge in [0.05, 0.1) is 0 Å². The first kappa shape index (κ1) is 11.6. The molecule has 16 heavy (non-hydrogen) atoms. The molecular formula is C12H18N2OS. The van der Waals surface area contributed by atoms with Crippen LogP contribution in [0.15, 0.2) is 24.3 Å². The zero-order valence-electron chi connectivity index (χ0n) is 9.56. The molecule has 0 saturated carbocycles. The molecule has 2 N–H and O–H groups in total. The number of anilines is 1. The summed E-state index contributed by atoms with van der Waals surface area (Å²) in [4.78, 5) is 2.29. The van der Waals surface area contributed by atoms with Gasteiger partial charge in [0.25, 0.3) is 0 Å². The predicted octanol–water partition coefficient (Wildman–Crippen LogP) is 1.28. The lowest BCUT2D eigenvalue weighted by molar-refractivity contribution is 0.672. The minimum Gasteiger partial charge on any atom is -0.369 e. The van der Waals surface area contributed by atoms with E-state index in [4.69, 9.17) is 5.73 Å². The Labute approximate surface area is 99.1 Å². The van der Waals surface area contributed by atoms with Crippen molar-refractivity contribution in [3.63, 3.8) is 0 Å². The van der Waals surface area contributed by atoms with Gasteiger partial charge in [-0.15, -0.1) is 0 Å². The SMILES string of the molecule is C[C@H](N)c1ccccc1N1CCS(=O)CC1. The summed E-state index contributed by atoms with van der Waals surface area (Å²) in [6.45, 7) is 3.74. The highest BCUT2D eigenvalue weighted by Crippen LogP contribution is 2.25. The highest BCUT2D eigenvalue weighted by atomic mass is 32.2. The summed E-state index contributed by atoms with van der Waals surface area (Å²) in [6, 6.07) is 8.28. The van der Waals surface area contributed by atoms with Crippen molar-refractivity contribution in [2.45, 2.75) is 13.0 Å². The molecule has 3 nitrogen and oxygen atoms in total. The minimum absolute atomic E-state index is 0.0450. The molecule has 0 aromatic heterocycles. The molecule has 0 bridgehead atoms. The topological polar surface area (TPSA) is 46.3 Å². The van der Waals surface area contributed by atoms with E-state index in [-0.39, 0.29) is 6.04 Å². The fourth-order valence-corrected chi connectivity index (χ4v) is 3.09. The van der Waals surface area contributed by atoms with Gasteiger partial charge in [0.2, 0.25) is 0 Å². The quantitative estimate of drug-likeness (QED) is 0.844. The molecule has 0 radical (unpaired) electrons. The minimum atomic E-state index is -0.625. The van der Waals surface area contributed by atoms with Gasteiger partial charge in [-0.2, -0.15) is 0 Å². The summed E-state index contributed by atoms with van der Waals surface area (Å²) >= 11 is 0. The summed E-state index contributed by atoms with van der Waals surface area (Å²) in [7, 11) is -0.625. The van der Waals surface area contributed by atoms with Crippen molar-refractivity contribution in [2.24, 2.45) is 5.73 Å². The molecule has 1 atom stereocenters. The Bertz CT molecular complexity index is 382. The van der Waals surface area contributed by atoms with Gasteiger partial charge in [-0.25, -0.2) is 0 Å². The van der Waals surface area contributed by atoms with Crippen molar-refractivity contribution in [3.8, 4) is 0 Å². The third kappa shape index (κ3) is 2.44. The summed E-state index contributed by atoms with van der Waals surface area (Å²) in [6.07, 6.45) is 0. The van der Waals surface area contributed by atoms with E-state index in [1.165, 1.54) is 11.3 Å². The lowest BCUT2D eigenvalue weighted by Crippen LogP contribution is -2.38. The third-order valence-electron chi connectivity index (χ3n) is 2.95. The largest absolute Gasteiger partial charge is 0.369 e. The standard InChI is InChI=1S/C12H18N2OS/c1-10(13)11-4-2-3-5-12(11)14-6-8-16(15)9-7-14/h2-5,10H,6-9,13H2,1H3/t10-/m0/s1. The van der Waals surface area contributed by atoms with Crippen LogP contribution in [0.3, 0.4) is 0 Å². The number of hydrogen-bond donors (Lipinski definition) is 1. The van der Waals surface area contributed by atoms with Crippen molar-refractivity contribution in [3.05, 3.63) is 29.8 Å². The van der Waals surface area contributed by atoms with E-state index >= 15 is 0 Å². The Morgan fingerprint density at radius 2 is 1.94 bits per heavy atom. The molecule has 4 heteroatoms. The Balaban J connectivity index is 2.23. The summed E-state index contributed by atoms with van der Waals surface area (Å²) in [5, 5.41) is 0. The maximum atomic E-state index is 11.3. The van der Waals surface area contributed by atoms with Gasteiger partial charge < -0.3 is 10.6 Å². The number of hydrogen-bond acceptors (Lipinski definition) is 3. The number of para-hydroxylation sites is 1. The summed E-state index contributed by atoms with van der Waals surface area (Å²) in [5.74, 6) is 1.54. The zero-order chi connectivity index (χ0) is 11.5. The summed E-state index contributed by atoms with van der Waals surface area (Å²) < 4.78 is 11.3. The van der Waals surface area contributed by atoms with E-state index in [1.807, 2.05) is 19.1 Å². The van der Waals surface area contributed by atoms with Crippen LogP contribution in [0.2, 0.25) is 0 Å². The van der Waals surface area contributed by atoms with E-state index in [0.29, 0.717) is 0 Å². The number of nitrogens with two attached hydrogens (primary N) is 1. The molecule has 1 aromatic carbocycles. The fraction of sp³-hybridized carbons (Fsp3) is 0.500. The van der Waals surface area contributed by atoms with E-state index < -0.39 is 10.8 Å². The second-order valence-electron chi connectivity index (χ2n) is 4.18. The molecule has 1 aliphatic heterocycles. The van der Waals surface area contributed by atoms with Gasteiger partial charge in [0, 0.05) is 47.1 Å². The van der Waals surface area contributed by atoms with Gasteiger partial charge in [-0.05, 0) is 18.6 Å². The van der Waals surface area contributed by atoms with Crippen molar-refractivity contribution in [1.82, 2.24) is 0 Å². The molecular weight excluding hydrogens is 220 g/mol. The van der Waals surface area contributed by atoms with Crippen molar-refractivity contribution in [2.75, 3.05) is 29.5 Å². The summed E-state index contributed by atoms with van der Waals surface area (Å²) in [5.41, 5.74) is 8.34. The lowest BCUT2D eigenvalue weighted by Gasteiger charge is -2.31. The van der Waals surface area contributed by atoms with Crippen LogP contribution in [-0.4, -0.2) is 28.8 Å². The van der Waals surface area contributed by atoms with Crippen LogP contribution >= 0.6 is 0 Å². The number of rotatable bonds is 2. The normalized spacial score (nSPS) is 19.8. The van der Waals surface area contributed by atoms with Gasteiger partial charge in [-0.1, -0.05) is 18.2 Å². The molecule has 0 amide bonds. The second-order valence-corrected chi connectivity index (χ2v) is 5.88. The van der Waals surface area contributed by atoms with Gasteiger partial charge >= 0.3 is 0 Å². The first-order valence-electron chi connectivity index (χ1n) is 5.63. The molecule has 1 saturated heterocycles. The molecule has 1 heterocycles. The molecule has 0 unspecified atom stereocenters. The first-order valence-corrected chi connectivity index (χ1v) is 7.11. The maximum absolute atomic E-state index is 11.3. The Morgan fingerprint density at radius 1 is 1.31 bits per heavy atom. The van der Waals surface area contributed by atoms with E-state index in [1.54, 1.807) is 0 Å². The van der Waals surface area contributed by atoms with Crippen molar-refractivity contribution >= 4 is 16.5 Å². The van der Waals surface area contributed by atoms with Crippen LogP contribution in [0.1, 0.15) is 18.5 Å². The van der Waals surface area contributed by atoms with Crippen LogP contribution in [0.25, 0.3) is 0 Å². The monoisotopic (exact) mass is 238 g/mol. The zero-order valence-corrected chi connectivity index (χ0v) is 10.4. The molecule has 88 valence electrons. The van der Waals surface area contributed by atoms with Crippen LogP contribution in [-0.2, 0) is 10.8 Å². The van der Waals surface area contributed by atoms with Crippen molar-refractivity contribution in [1.29, 1.82) is 0 Å². The van der Waals surface area contributed by atoms with Crippen LogP contribution in [0, 0.1) is 0 Å². The highest BCUT2D eigenvalue weighted by molar-refractivity contribution is 7.85. The Kier molecular flexibility index (Phi) is 3.61. The fourth-order valence-electron chi connectivity index (χ4n) is 2.04. The molecule has 2 rings (SSSR count). The molecule has 1 aromatic rings. The van der Waals surface area contributed by atoms with Gasteiger partial charge in [0.15, 0.2) is 0 Å². The smallest absolute Gasteiger partial charge is 0.0415 e. The van der Waals surface area contributed by atoms with Crippen LogP contribution < -0.4 is 10.6 Å². The van der Waals surface area contributed by atoms with Gasteiger partial charge in [0.1, 0.15) is 0 Å². The third-order valence-corrected chi connectivity index (χ3v) is 4.22. The van der Waals surface area contributed by atoms with E-state index in [9.17, 15) is 4.21 Å². The van der Waals surface area contributed by atoms with Crippen LogP contribution in [0.4, 0.5) is 5.69 Å². The lowest BCUT2D eigenvalue weighted by atomic mass is 10.1. The first-order chi connectivity index (χ1) is 7.68. The molecule has 0 aliphatic carbocycles. The Hall–Kier alpha value is -0.870. The number of nitrogens with zero attached hydrogens (tertiary/aromatic N) is 1. The molecule has 0 spiro atoms. The van der Waals surface area contributed by atoms with Gasteiger partial charge in [-0.3, -0.25) is 4.21 Å². The maximum Gasteiger partial charge on any atom is 0.0415 e. The average Bonchev–Trinajstić information content (AvgIpc) is 2.30. The van der Waals surface area contributed by atoms with E-state index in [0.717, 1.165) is 24.6 Å². The Morgan fingerprint density at radius 3 is 2.56 bits per heavy atom. The number of benzene rings is 1. The molecule has 1 aliphatic rings. The average molecular weight is 238 g/mol. The molecule has 1 fully saturated rings. The van der Waals surface area contributed by atoms with E-state index in [2.05, 4.69) is 17.0 Å². The predicted molar refractivity (Wildman–Crippen MR) is 69.1 cm³/mol. The second kappa shape index (κ2) is 4.97. The van der Waals surface area contributed by atoms with Crippen LogP contribution in [0.5, 0.6) is 0 Å².